The zero-order valence-electron chi connectivity index (χ0n) is 19.0. The average molecular weight is 450 g/mol. The Morgan fingerprint density at radius 2 is 1.55 bits per heavy atom. The smallest absolute Gasteiger partial charge is 0.251 e. The van der Waals surface area contributed by atoms with Crippen LogP contribution in [-0.2, 0) is 9.59 Å². The third kappa shape index (κ3) is 5.70. The second kappa shape index (κ2) is 10.5. The third-order valence-electron chi connectivity index (χ3n) is 6.26. The van der Waals surface area contributed by atoms with Gasteiger partial charge in [-0.15, -0.1) is 0 Å². The fourth-order valence-electron chi connectivity index (χ4n) is 4.26. The SMILES string of the molecule is CCN1CCN(c2ccc(NC(=O)CNC(=O)c3ccc(N4CCCC4=O)cc3)cc2)CC1. The van der Waals surface area contributed by atoms with Crippen molar-refractivity contribution in [3.05, 3.63) is 54.1 Å². The molecule has 2 aliphatic rings. The molecule has 3 amide bonds. The third-order valence-corrected chi connectivity index (χ3v) is 6.26. The van der Waals surface area contributed by atoms with E-state index in [4.69, 9.17) is 0 Å². The standard InChI is InChI=1S/C25H31N5O3/c1-2-28-14-16-29(17-15-28)21-11-7-20(8-12-21)27-23(31)18-26-25(33)19-5-9-22(10-6-19)30-13-3-4-24(30)32/h5-12H,2-4,13-18H2,1H3,(H,26,33)(H,27,31). The summed E-state index contributed by atoms with van der Waals surface area (Å²) >= 11 is 0. The number of anilines is 3. The number of hydrogen-bond donors (Lipinski definition) is 2. The summed E-state index contributed by atoms with van der Waals surface area (Å²) in [4.78, 5) is 43.0. The molecule has 2 fully saturated rings. The molecule has 2 aromatic carbocycles. The van der Waals surface area contributed by atoms with Crippen molar-refractivity contribution in [3.8, 4) is 0 Å². The minimum atomic E-state index is -0.328. The summed E-state index contributed by atoms with van der Waals surface area (Å²) in [6.45, 7) is 7.99. The molecular weight excluding hydrogens is 418 g/mol. The Labute approximate surface area is 194 Å². The molecule has 0 bridgehead atoms. The summed E-state index contributed by atoms with van der Waals surface area (Å²) in [6, 6.07) is 14.7. The molecule has 0 saturated carbocycles. The normalized spacial score (nSPS) is 16.7. The number of amides is 3. The van der Waals surface area contributed by atoms with E-state index < -0.39 is 0 Å². The molecule has 2 aliphatic heterocycles. The molecule has 0 aromatic heterocycles. The molecule has 0 radical (unpaired) electrons. The zero-order valence-corrected chi connectivity index (χ0v) is 19.0. The molecule has 33 heavy (non-hydrogen) atoms. The van der Waals surface area contributed by atoms with Gasteiger partial charge in [-0.3, -0.25) is 14.4 Å². The van der Waals surface area contributed by atoms with Crippen molar-refractivity contribution < 1.29 is 14.4 Å². The van der Waals surface area contributed by atoms with Gasteiger partial charge < -0.3 is 25.3 Å². The second-order valence-electron chi connectivity index (χ2n) is 8.39. The van der Waals surface area contributed by atoms with Crippen LogP contribution in [0.1, 0.15) is 30.1 Å². The number of carbonyl (C=O) groups excluding carboxylic acids is 3. The van der Waals surface area contributed by atoms with Crippen molar-refractivity contribution in [3.63, 3.8) is 0 Å². The number of nitrogens with one attached hydrogen (secondary N) is 2. The number of piperazine rings is 1. The van der Waals surface area contributed by atoms with Gasteiger partial charge in [0.2, 0.25) is 11.8 Å². The van der Waals surface area contributed by atoms with Crippen LogP contribution in [0, 0.1) is 0 Å². The minimum Gasteiger partial charge on any atom is -0.369 e. The number of rotatable bonds is 7. The highest BCUT2D eigenvalue weighted by Gasteiger charge is 2.21. The molecule has 2 aromatic rings. The maximum absolute atomic E-state index is 12.4. The summed E-state index contributed by atoms with van der Waals surface area (Å²) in [5.74, 6) is -0.506. The number of benzene rings is 2. The van der Waals surface area contributed by atoms with Crippen LogP contribution in [0.5, 0.6) is 0 Å². The van der Waals surface area contributed by atoms with E-state index in [1.165, 1.54) is 0 Å². The van der Waals surface area contributed by atoms with Gasteiger partial charge in [0.25, 0.3) is 5.91 Å². The van der Waals surface area contributed by atoms with Crippen LogP contribution in [0.25, 0.3) is 0 Å². The Bertz CT molecular complexity index is 982. The van der Waals surface area contributed by atoms with E-state index in [-0.39, 0.29) is 24.3 Å². The Morgan fingerprint density at radius 3 is 2.15 bits per heavy atom. The molecule has 174 valence electrons. The lowest BCUT2D eigenvalue weighted by Gasteiger charge is -2.35. The predicted octanol–water partition coefficient (Wildman–Crippen LogP) is 2.32. The maximum atomic E-state index is 12.4. The largest absolute Gasteiger partial charge is 0.369 e. The van der Waals surface area contributed by atoms with Crippen LogP contribution in [0.15, 0.2) is 48.5 Å². The highest BCUT2D eigenvalue weighted by Crippen LogP contribution is 2.22. The Balaban J connectivity index is 1.23. The van der Waals surface area contributed by atoms with Gasteiger partial charge in [-0.25, -0.2) is 0 Å². The van der Waals surface area contributed by atoms with Gasteiger partial charge in [-0.05, 0) is 61.5 Å². The lowest BCUT2D eigenvalue weighted by Crippen LogP contribution is -2.46. The van der Waals surface area contributed by atoms with E-state index in [2.05, 4.69) is 27.4 Å². The number of carbonyl (C=O) groups is 3. The van der Waals surface area contributed by atoms with E-state index in [1.807, 2.05) is 24.3 Å². The molecule has 0 aliphatic carbocycles. The Kier molecular flexibility index (Phi) is 7.24. The first-order valence-corrected chi connectivity index (χ1v) is 11.6. The molecule has 2 heterocycles. The van der Waals surface area contributed by atoms with E-state index in [1.54, 1.807) is 29.2 Å². The topological polar surface area (TPSA) is 85.0 Å². The average Bonchev–Trinajstić information content (AvgIpc) is 3.29. The first kappa shape index (κ1) is 22.8. The highest BCUT2D eigenvalue weighted by atomic mass is 16.2. The Hall–Kier alpha value is -3.39. The monoisotopic (exact) mass is 449 g/mol. The van der Waals surface area contributed by atoms with Crippen LogP contribution in [-0.4, -0.2) is 68.4 Å². The summed E-state index contributed by atoms with van der Waals surface area (Å²) < 4.78 is 0. The summed E-state index contributed by atoms with van der Waals surface area (Å²) in [5.41, 5.74) is 3.09. The zero-order chi connectivity index (χ0) is 23.2. The van der Waals surface area contributed by atoms with Crippen molar-refractivity contribution in [2.45, 2.75) is 19.8 Å². The quantitative estimate of drug-likeness (QED) is 0.678. The first-order chi connectivity index (χ1) is 16.0. The molecule has 0 atom stereocenters. The Morgan fingerprint density at radius 1 is 0.879 bits per heavy atom. The van der Waals surface area contributed by atoms with Crippen molar-refractivity contribution in [2.24, 2.45) is 0 Å². The molecule has 2 N–H and O–H groups in total. The van der Waals surface area contributed by atoms with Crippen LogP contribution >= 0.6 is 0 Å². The molecule has 8 heteroatoms. The van der Waals surface area contributed by atoms with Gasteiger partial charge in [0.1, 0.15) is 0 Å². The van der Waals surface area contributed by atoms with E-state index in [0.717, 1.165) is 50.5 Å². The van der Waals surface area contributed by atoms with Gasteiger partial charge >= 0.3 is 0 Å². The van der Waals surface area contributed by atoms with Gasteiger partial charge in [0, 0.05) is 61.8 Å². The van der Waals surface area contributed by atoms with Crippen molar-refractivity contribution in [2.75, 3.05) is 60.9 Å². The summed E-state index contributed by atoms with van der Waals surface area (Å²) in [7, 11) is 0. The molecule has 8 nitrogen and oxygen atoms in total. The predicted molar refractivity (Wildman–Crippen MR) is 130 cm³/mol. The van der Waals surface area contributed by atoms with Gasteiger partial charge in [0.15, 0.2) is 0 Å². The number of likely N-dealkylation sites (N-methyl/N-ethyl adjacent to an activating group) is 1. The first-order valence-electron chi connectivity index (χ1n) is 11.6. The molecule has 4 rings (SSSR count). The molecule has 0 unspecified atom stereocenters. The lowest BCUT2D eigenvalue weighted by molar-refractivity contribution is -0.117. The van der Waals surface area contributed by atoms with Gasteiger partial charge in [-0.2, -0.15) is 0 Å². The summed E-state index contributed by atoms with van der Waals surface area (Å²) in [6.07, 6.45) is 1.42. The highest BCUT2D eigenvalue weighted by molar-refractivity contribution is 6.00. The van der Waals surface area contributed by atoms with Crippen molar-refractivity contribution >= 4 is 34.8 Å². The summed E-state index contributed by atoms with van der Waals surface area (Å²) in [5, 5.41) is 5.47. The van der Waals surface area contributed by atoms with E-state index >= 15 is 0 Å². The minimum absolute atomic E-state index is 0.107. The second-order valence-corrected chi connectivity index (χ2v) is 8.39. The van der Waals surface area contributed by atoms with Gasteiger partial charge in [-0.1, -0.05) is 6.92 Å². The fraction of sp³-hybridized carbons (Fsp3) is 0.400. The maximum Gasteiger partial charge on any atom is 0.251 e. The van der Waals surface area contributed by atoms with Crippen LogP contribution in [0.4, 0.5) is 17.1 Å². The molecule has 0 spiro atoms. The van der Waals surface area contributed by atoms with Crippen molar-refractivity contribution in [1.29, 1.82) is 0 Å². The number of hydrogen-bond acceptors (Lipinski definition) is 5. The number of nitrogens with zero attached hydrogens (tertiary/aromatic N) is 3. The van der Waals surface area contributed by atoms with Gasteiger partial charge in [0.05, 0.1) is 6.54 Å². The molecular formula is C25H31N5O3. The van der Waals surface area contributed by atoms with Crippen LogP contribution in [0.2, 0.25) is 0 Å². The van der Waals surface area contributed by atoms with E-state index in [9.17, 15) is 14.4 Å². The van der Waals surface area contributed by atoms with E-state index in [0.29, 0.717) is 24.2 Å². The van der Waals surface area contributed by atoms with Crippen LogP contribution < -0.4 is 20.4 Å². The van der Waals surface area contributed by atoms with Crippen LogP contribution in [0.3, 0.4) is 0 Å². The lowest BCUT2D eigenvalue weighted by atomic mass is 10.2. The fourth-order valence-corrected chi connectivity index (χ4v) is 4.26. The molecule has 2 saturated heterocycles. The van der Waals surface area contributed by atoms with Crippen molar-refractivity contribution in [1.82, 2.24) is 10.2 Å².